The molecule has 2 atom stereocenters. The zero-order chi connectivity index (χ0) is 18.7. The Labute approximate surface area is 150 Å². The number of carbonyl (C=O) groups excluding carboxylic acids is 1. The van der Waals surface area contributed by atoms with E-state index in [-0.39, 0.29) is 11.3 Å². The summed E-state index contributed by atoms with van der Waals surface area (Å²) in [6.45, 7) is 0.975. The molecule has 8 nitrogen and oxygen atoms in total. The molecule has 1 fully saturated rings. The number of ketones is 1. The Hall–Kier alpha value is -2.87. The molecule has 0 radical (unpaired) electrons. The maximum atomic E-state index is 13.2. The van der Waals surface area contributed by atoms with Crippen LogP contribution in [0.25, 0.3) is 0 Å². The summed E-state index contributed by atoms with van der Waals surface area (Å²) < 4.78 is 0. The third kappa shape index (κ3) is 2.92. The van der Waals surface area contributed by atoms with E-state index >= 15 is 0 Å². The van der Waals surface area contributed by atoms with Crippen LogP contribution < -0.4 is 0 Å². The number of nitro groups is 2. The van der Waals surface area contributed by atoms with E-state index in [4.69, 9.17) is 0 Å². The largest absolute Gasteiger partial charge is 0.327 e. The quantitative estimate of drug-likeness (QED) is 0.455. The maximum Gasteiger partial charge on any atom is 0.327 e. The van der Waals surface area contributed by atoms with Crippen molar-refractivity contribution in [2.75, 3.05) is 13.1 Å². The van der Waals surface area contributed by atoms with Crippen molar-refractivity contribution in [2.24, 2.45) is 0 Å². The Kier molecular flexibility index (Phi) is 4.94. The maximum absolute atomic E-state index is 13.2. The zero-order valence-corrected chi connectivity index (χ0v) is 14.1. The third-order valence-corrected chi connectivity index (χ3v) is 4.98. The monoisotopic (exact) mass is 357 g/mol. The number of benzene rings is 1. The Morgan fingerprint density at radius 2 is 1.73 bits per heavy atom. The average molecular weight is 357 g/mol. The van der Waals surface area contributed by atoms with Gasteiger partial charge in [-0.15, -0.1) is 0 Å². The van der Waals surface area contributed by atoms with Gasteiger partial charge in [0.05, 0.1) is 4.92 Å². The van der Waals surface area contributed by atoms with Crippen LogP contribution in [0.5, 0.6) is 0 Å². The van der Waals surface area contributed by atoms with Gasteiger partial charge in [0.2, 0.25) is 5.78 Å². The van der Waals surface area contributed by atoms with E-state index in [2.05, 4.69) is 0 Å². The first-order valence-electron chi connectivity index (χ1n) is 8.50. The Balaban J connectivity index is 2.15. The van der Waals surface area contributed by atoms with Crippen LogP contribution in [0.1, 0.15) is 29.6 Å². The standard InChI is InChI=1S/C18H19N3O5/c22-17(14-8-3-1-4-9-14)18(21(25)26)11-7-10-15(20(23)24)16(18)19-12-5-2-6-13-19/h1,3-4,7-11,16H,2,5-6,12-13H2. The van der Waals surface area contributed by atoms with Crippen LogP contribution in [-0.4, -0.2) is 45.2 Å². The minimum atomic E-state index is -2.21. The molecule has 2 unspecified atom stereocenters. The number of nitrogens with zero attached hydrogens (tertiary/aromatic N) is 3. The lowest BCUT2D eigenvalue weighted by Crippen LogP contribution is -2.63. The Bertz CT molecular complexity index is 783. The van der Waals surface area contributed by atoms with Gasteiger partial charge in [0.1, 0.15) is 0 Å². The first kappa shape index (κ1) is 17.9. The van der Waals surface area contributed by atoms with Crippen molar-refractivity contribution in [3.8, 4) is 0 Å². The summed E-state index contributed by atoms with van der Waals surface area (Å²) in [6.07, 6.45) is 6.27. The first-order valence-corrected chi connectivity index (χ1v) is 8.50. The molecule has 1 aliphatic carbocycles. The van der Waals surface area contributed by atoms with Gasteiger partial charge in [-0.3, -0.25) is 29.9 Å². The van der Waals surface area contributed by atoms with Crippen molar-refractivity contribution in [3.63, 3.8) is 0 Å². The molecule has 0 saturated carbocycles. The minimum absolute atomic E-state index is 0.167. The fraction of sp³-hybridized carbons (Fsp3) is 0.389. The van der Waals surface area contributed by atoms with E-state index < -0.39 is 27.2 Å². The molecule has 8 heteroatoms. The molecule has 1 aliphatic heterocycles. The molecule has 136 valence electrons. The van der Waals surface area contributed by atoms with Crippen LogP contribution in [0, 0.1) is 20.2 Å². The molecule has 0 aromatic heterocycles. The normalized spacial score (nSPS) is 26.2. The summed E-state index contributed by atoms with van der Waals surface area (Å²) in [6, 6.07) is 6.71. The van der Waals surface area contributed by atoms with Gasteiger partial charge in [0.15, 0.2) is 6.04 Å². The van der Waals surface area contributed by atoms with Gasteiger partial charge in [0.25, 0.3) is 5.70 Å². The molecule has 0 amide bonds. The molecule has 26 heavy (non-hydrogen) atoms. The highest BCUT2D eigenvalue weighted by molar-refractivity contribution is 6.04. The van der Waals surface area contributed by atoms with E-state index in [0.717, 1.165) is 19.3 Å². The van der Waals surface area contributed by atoms with Gasteiger partial charge in [-0.05, 0) is 25.9 Å². The van der Waals surface area contributed by atoms with Crippen molar-refractivity contribution < 1.29 is 14.6 Å². The van der Waals surface area contributed by atoms with Crippen molar-refractivity contribution in [1.29, 1.82) is 0 Å². The highest BCUT2D eigenvalue weighted by Gasteiger charge is 2.63. The van der Waals surface area contributed by atoms with Gasteiger partial charge in [-0.2, -0.15) is 0 Å². The average Bonchev–Trinajstić information content (AvgIpc) is 2.67. The SMILES string of the molecule is O=C(c1ccccc1)C1([N+](=O)[O-])C=CC=C([N+](=O)[O-])C1N1CCCCC1. The van der Waals surface area contributed by atoms with Crippen LogP contribution in [-0.2, 0) is 0 Å². The molecule has 0 spiro atoms. The van der Waals surface area contributed by atoms with Crippen molar-refractivity contribution in [2.45, 2.75) is 30.8 Å². The summed E-state index contributed by atoms with van der Waals surface area (Å²) in [5, 5.41) is 23.8. The summed E-state index contributed by atoms with van der Waals surface area (Å²) in [7, 11) is 0. The zero-order valence-electron chi connectivity index (χ0n) is 14.1. The van der Waals surface area contributed by atoms with E-state index in [1.165, 1.54) is 30.4 Å². The van der Waals surface area contributed by atoms with Gasteiger partial charge in [-0.25, -0.2) is 0 Å². The van der Waals surface area contributed by atoms with E-state index in [1.807, 2.05) is 0 Å². The van der Waals surface area contributed by atoms with Crippen LogP contribution in [0.15, 0.2) is 54.3 Å². The lowest BCUT2D eigenvalue weighted by atomic mass is 9.77. The van der Waals surface area contributed by atoms with Crippen LogP contribution in [0.2, 0.25) is 0 Å². The van der Waals surface area contributed by atoms with Crippen molar-refractivity contribution >= 4 is 5.78 Å². The summed E-state index contributed by atoms with van der Waals surface area (Å²) in [5.41, 5.74) is -2.36. The molecule has 1 saturated heterocycles. The number of hydrogen-bond donors (Lipinski definition) is 0. The second kappa shape index (κ2) is 7.17. The Morgan fingerprint density at radius 3 is 2.31 bits per heavy atom. The molecule has 0 N–H and O–H groups in total. The van der Waals surface area contributed by atoms with Crippen LogP contribution >= 0.6 is 0 Å². The molecule has 3 rings (SSSR count). The van der Waals surface area contributed by atoms with Gasteiger partial charge < -0.3 is 0 Å². The fourth-order valence-corrected chi connectivity index (χ4v) is 3.77. The molecule has 0 bridgehead atoms. The van der Waals surface area contributed by atoms with Gasteiger partial charge in [-0.1, -0.05) is 42.8 Å². The number of piperidine rings is 1. The van der Waals surface area contributed by atoms with Gasteiger partial charge >= 0.3 is 5.54 Å². The second-order valence-electron chi connectivity index (χ2n) is 6.48. The third-order valence-electron chi connectivity index (χ3n) is 4.98. The number of hydrogen-bond acceptors (Lipinski definition) is 6. The molecular weight excluding hydrogens is 338 g/mol. The highest BCUT2D eigenvalue weighted by Crippen LogP contribution is 2.36. The summed E-state index contributed by atoms with van der Waals surface area (Å²) in [5.74, 6) is -0.734. The Morgan fingerprint density at radius 1 is 1.08 bits per heavy atom. The van der Waals surface area contributed by atoms with Crippen LogP contribution in [0.3, 0.4) is 0 Å². The van der Waals surface area contributed by atoms with E-state index in [9.17, 15) is 25.0 Å². The number of likely N-dealkylation sites (tertiary alicyclic amines) is 1. The number of rotatable bonds is 5. The lowest BCUT2D eigenvalue weighted by molar-refractivity contribution is -0.551. The lowest BCUT2D eigenvalue weighted by Gasteiger charge is -2.38. The molecule has 1 aromatic rings. The second-order valence-corrected chi connectivity index (χ2v) is 6.48. The molecule has 2 aliphatic rings. The van der Waals surface area contributed by atoms with Crippen molar-refractivity contribution in [1.82, 2.24) is 4.90 Å². The molecule has 1 heterocycles. The van der Waals surface area contributed by atoms with Crippen LogP contribution in [0.4, 0.5) is 0 Å². The predicted molar refractivity (Wildman–Crippen MR) is 93.9 cm³/mol. The predicted octanol–water partition coefficient (Wildman–Crippen LogP) is 2.47. The van der Waals surface area contributed by atoms with Crippen molar-refractivity contribution in [3.05, 3.63) is 80.0 Å². The summed E-state index contributed by atoms with van der Waals surface area (Å²) >= 11 is 0. The molecular formula is C18H19N3O5. The van der Waals surface area contributed by atoms with E-state index in [1.54, 1.807) is 23.1 Å². The fourth-order valence-electron chi connectivity index (χ4n) is 3.77. The topological polar surface area (TPSA) is 107 Å². The van der Waals surface area contributed by atoms with E-state index in [0.29, 0.717) is 13.1 Å². The minimum Gasteiger partial charge on any atom is -0.286 e. The number of allylic oxidation sites excluding steroid dienone is 2. The highest BCUT2D eigenvalue weighted by atomic mass is 16.6. The van der Waals surface area contributed by atoms with Gasteiger partial charge in [0, 0.05) is 22.6 Å². The molecule has 1 aromatic carbocycles. The number of carbonyl (C=O) groups is 1. The smallest absolute Gasteiger partial charge is 0.286 e. The summed E-state index contributed by atoms with van der Waals surface area (Å²) in [4.78, 5) is 37.4. The number of Topliss-reactive ketones (excluding diaryl/α,β-unsaturated/α-hetero) is 1. The first-order chi connectivity index (χ1) is 12.5.